The van der Waals surface area contributed by atoms with Crippen molar-refractivity contribution in [2.24, 2.45) is 0 Å². The lowest BCUT2D eigenvalue weighted by molar-refractivity contribution is 1.32. The fourth-order valence-electron chi connectivity index (χ4n) is 1.10. The van der Waals surface area contributed by atoms with Crippen molar-refractivity contribution in [2.45, 2.75) is 20.8 Å². The molecule has 1 rings (SSSR count). The molecule has 1 heteroatoms. The predicted molar refractivity (Wildman–Crippen MR) is 43.9 cm³/mol. The Labute approximate surface area is 61.9 Å². The maximum absolute atomic E-state index is 5.72. The highest BCUT2D eigenvalue weighted by Crippen LogP contribution is 2.16. The molecule has 0 spiro atoms. The van der Waals surface area contributed by atoms with Gasteiger partial charge in [-0.25, -0.2) is 0 Å². The van der Waals surface area contributed by atoms with E-state index >= 15 is 0 Å². The third kappa shape index (κ3) is 1.13. The summed E-state index contributed by atoms with van der Waals surface area (Å²) in [5, 5.41) is 0. The molecule has 0 unspecified atom stereocenters. The Hall–Kier alpha value is -0.980. The van der Waals surface area contributed by atoms with Gasteiger partial charge in [0, 0.05) is 5.69 Å². The van der Waals surface area contributed by atoms with Crippen LogP contribution in [-0.4, -0.2) is 0 Å². The first-order chi connectivity index (χ1) is 4.61. The fourth-order valence-corrected chi connectivity index (χ4v) is 1.10. The molecule has 2 N–H and O–H groups in total. The Kier molecular flexibility index (Phi) is 1.66. The largest absolute Gasteiger partial charge is 0.398 e. The zero-order chi connectivity index (χ0) is 7.72. The van der Waals surface area contributed by atoms with Crippen molar-refractivity contribution in [2.75, 3.05) is 5.73 Å². The summed E-state index contributed by atoms with van der Waals surface area (Å²) in [5.74, 6) is 0. The first-order valence-electron chi connectivity index (χ1n) is 3.37. The molecular formula is C9H12N. The molecular weight excluding hydrogens is 122 g/mol. The minimum Gasteiger partial charge on any atom is -0.398 e. The van der Waals surface area contributed by atoms with Crippen LogP contribution in [0, 0.1) is 26.8 Å². The monoisotopic (exact) mass is 134 g/mol. The van der Waals surface area contributed by atoms with Crippen LogP contribution in [-0.2, 0) is 0 Å². The maximum atomic E-state index is 5.72. The van der Waals surface area contributed by atoms with Gasteiger partial charge in [0.1, 0.15) is 0 Å². The second-order valence-corrected chi connectivity index (χ2v) is 2.67. The summed E-state index contributed by atoms with van der Waals surface area (Å²) in [6.07, 6.45) is 0. The van der Waals surface area contributed by atoms with Crippen LogP contribution in [0.25, 0.3) is 0 Å². The molecule has 1 radical (unpaired) electrons. The molecule has 0 saturated carbocycles. The summed E-state index contributed by atoms with van der Waals surface area (Å²) in [6.45, 7) is 6.03. The third-order valence-corrected chi connectivity index (χ3v) is 1.65. The summed E-state index contributed by atoms with van der Waals surface area (Å²) in [4.78, 5) is 0. The van der Waals surface area contributed by atoms with E-state index in [0.717, 1.165) is 22.4 Å². The molecule has 0 aliphatic rings. The van der Waals surface area contributed by atoms with Crippen molar-refractivity contribution >= 4 is 5.69 Å². The van der Waals surface area contributed by atoms with E-state index in [2.05, 4.69) is 6.07 Å². The van der Waals surface area contributed by atoms with Crippen molar-refractivity contribution in [1.82, 2.24) is 0 Å². The fraction of sp³-hybridized carbons (Fsp3) is 0.333. The number of benzene rings is 1. The van der Waals surface area contributed by atoms with E-state index in [4.69, 9.17) is 5.73 Å². The zero-order valence-electron chi connectivity index (χ0n) is 6.65. The van der Waals surface area contributed by atoms with E-state index in [1.165, 1.54) is 0 Å². The van der Waals surface area contributed by atoms with Gasteiger partial charge in [0.2, 0.25) is 0 Å². The summed E-state index contributed by atoms with van der Waals surface area (Å²) in [6, 6.07) is 5.20. The number of aryl methyl sites for hydroxylation is 3. The van der Waals surface area contributed by atoms with E-state index in [1.807, 2.05) is 26.8 Å². The Morgan fingerprint density at radius 3 is 2.40 bits per heavy atom. The highest BCUT2D eigenvalue weighted by Gasteiger charge is 1.97. The minimum atomic E-state index is 0.866. The van der Waals surface area contributed by atoms with Crippen LogP contribution in [0.1, 0.15) is 16.7 Å². The van der Waals surface area contributed by atoms with Gasteiger partial charge in [-0.15, -0.1) is 0 Å². The van der Waals surface area contributed by atoms with E-state index < -0.39 is 0 Å². The topological polar surface area (TPSA) is 26.0 Å². The lowest BCUT2D eigenvalue weighted by Crippen LogP contribution is -1.94. The van der Waals surface area contributed by atoms with Crippen LogP contribution in [0.4, 0.5) is 5.69 Å². The predicted octanol–water partition coefficient (Wildman–Crippen LogP) is 1.99. The molecule has 0 fully saturated rings. The van der Waals surface area contributed by atoms with Crippen molar-refractivity contribution < 1.29 is 0 Å². The van der Waals surface area contributed by atoms with Gasteiger partial charge >= 0.3 is 0 Å². The molecule has 1 nitrogen and oxygen atoms in total. The maximum Gasteiger partial charge on any atom is 0.0379 e. The molecule has 0 heterocycles. The summed E-state index contributed by atoms with van der Waals surface area (Å²) in [5.41, 5.74) is 9.94. The van der Waals surface area contributed by atoms with Crippen molar-refractivity contribution in [1.29, 1.82) is 0 Å². The van der Waals surface area contributed by atoms with E-state index in [9.17, 15) is 0 Å². The molecule has 0 aromatic heterocycles. The SMILES string of the molecule is Cc1[c]c(C)c(N)c(C)c1. The van der Waals surface area contributed by atoms with Crippen LogP contribution in [0.15, 0.2) is 6.07 Å². The van der Waals surface area contributed by atoms with Crippen LogP contribution in [0.5, 0.6) is 0 Å². The van der Waals surface area contributed by atoms with Gasteiger partial charge in [-0.1, -0.05) is 6.07 Å². The van der Waals surface area contributed by atoms with Gasteiger partial charge in [-0.2, -0.15) is 0 Å². The Bertz CT molecular complexity index is 228. The molecule has 1 aromatic rings. The zero-order valence-corrected chi connectivity index (χ0v) is 6.65. The lowest BCUT2D eigenvalue weighted by Gasteiger charge is -2.03. The average molecular weight is 134 g/mol. The molecule has 0 atom stereocenters. The van der Waals surface area contributed by atoms with Crippen LogP contribution in [0.2, 0.25) is 0 Å². The molecule has 53 valence electrons. The van der Waals surface area contributed by atoms with E-state index in [0.29, 0.717) is 0 Å². The van der Waals surface area contributed by atoms with Gasteiger partial charge in [0.25, 0.3) is 0 Å². The minimum absolute atomic E-state index is 0.866. The number of rotatable bonds is 0. The Balaban J connectivity index is 3.31. The molecule has 0 bridgehead atoms. The molecule has 0 saturated heterocycles. The standard InChI is InChI=1S/C9H12N/c1-6-4-7(2)9(10)8(3)5-6/h4H,10H2,1-3H3. The van der Waals surface area contributed by atoms with Crippen LogP contribution >= 0.6 is 0 Å². The second kappa shape index (κ2) is 2.33. The smallest absolute Gasteiger partial charge is 0.0379 e. The Morgan fingerprint density at radius 2 is 1.90 bits per heavy atom. The van der Waals surface area contributed by atoms with Crippen molar-refractivity contribution in [3.63, 3.8) is 0 Å². The summed E-state index contributed by atoms with van der Waals surface area (Å²) >= 11 is 0. The molecule has 1 aromatic carbocycles. The highest BCUT2D eigenvalue weighted by molar-refractivity contribution is 5.53. The van der Waals surface area contributed by atoms with Crippen LogP contribution in [0.3, 0.4) is 0 Å². The van der Waals surface area contributed by atoms with E-state index in [1.54, 1.807) is 0 Å². The number of hydrogen-bond donors (Lipinski definition) is 1. The summed E-state index contributed by atoms with van der Waals surface area (Å²) in [7, 11) is 0. The second-order valence-electron chi connectivity index (χ2n) is 2.67. The number of hydrogen-bond acceptors (Lipinski definition) is 1. The Morgan fingerprint density at radius 1 is 1.30 bits per heavy atom. The van der Waals surface area contributed by atoms with Crippen LogP contribution < -0.4 is 5.73 Å². The highest BCUT2D eigenvalue weighted by atomic mass is 14.6. The quantitative estimate of drug-likeness (QED) is 0.539. The number of nitrogen functional groups attached to an aromatic ring is 1. The van der Waals surface area contributed by atoms with Gasteiger partial charge in [0.05, 0.1) is 0 Å². The molecule has 0 amide bonds. The van der Waals surface area contributed by atoms with Gasteiger partial charge in [-0.05, 0) is 43.5 Å². The third-order valence-electron chi connectivity index (χ3n) is 1.65. The van der Waals surface area contributed by atoms with E-state index in [-0.39, 0.29) is 0 Å². The lowest BCUT2D eigenvalue weighted by atomic mass is 10.1. The molecule has 0 aliphatic heterocycles. The van der Waals surface area contributed by atoms with Gasteiger partial charge in [-0.3, -0.25) is 0 Å². The first kappa shape index (κ1) is 7.13. The molecule has 10 heavy (non-hydrogen) atoms. The van der Waals surface area contributed by atoms with Gasteiger partial charge < -0.3 is 5.73 Å². The van der Waals surface area contributed by atoms with Crippen molar-refractivity contribution in [3.8, 4) is 0 Å². The van der Waals surface area contributed by atoms with Crippen molar-refractivity contribution in [3.05, 3.63) is 28.8 Å². The average Bonchev–Trinajstić information content (AvgIpc) is 1.82. The summed E-state index contributed by atoms with van der Waals surface area (Å²) < 4.78 is 0. The number of nitrogens with two attached hydrogens (primary N) is 1. The molecule has 0 aliphatic carbocycles. The van der Waals surface area contributed by atoms with Gasteiger partial charge in [0.15, 0.2) is 0 Å². The number of anilines is 1. The first-order valence-corrected chi connectivity index (χ1v) is 3.37. The normalized spacial score (nSPS) is 9.90.